The Morgan fingerprint density at radius 1 is 1.21 bits per heavy atom. The van der Waals surface area contributed by atoms with E-state index >= 15 is 0 Å². The van der Waals surface area contributed by atoms with Gasteiger partial charge in [0.1, 0.15) is 0 Å². The molecule has 0 aromatic heterocycles. The van der Waals surface area contributed by atoms with E-state index in [1.807, 2.05) is 18.7 Å². The summed E-state index contributed by atoms with van der Waals surface area (Å²) in [6, 6.07) is -0.439. The van der Waals surface area contributed by atoms with Gasteiger partial charge in [-0.2, -0.15) is 0 Å². The van der Waals surface area contributed by atoms with E-state index in [9.17, 15) is 9.59 Å². The number of rotatable bonds is 5. The van der Waals surface area contributed by atoms with Crippen LogP contribution in [0.25, 0.3) is 0 Å². The minimum atomic E-state index is -0.823. The molecule has 1 fully saturated rings. The molecule has 1 heterocycles. The Morgan fingerprint density at radius 3 is 2.47 bits per heavy atom. The first kappa shape index (κ1) is 15.9. The van der Waals surface area contributed by atoms with E-state index in [4.69, 9.17) is 10.8 Å². The summed E-state index contributed by atoms with van der Waals surface area (Å²) in [4.78, 5) is 26.5. The monoisotopic (exact) mass is 271 g/mol. The largest absolute Gasteiger partial charge is 0.480 e. The molecule has 6 nitrogen and oxygen atoms in total. The van der Waals surface area contributed by atoms with Crippen LogP contribution in [0.5, 0.6) is 0 Å². The molecule has 0 aromatic carbocycles. The van der Waals surface area contributed by atoms with Crippen molar-refractivity contribution < 1.29 is 14.7 Å². The zero-order valence-corrected chi connectivity index (χ0v) is 11.8. The second-order valence-electron chi connectivity index (χ2n) is 5.58. The number of amides is 1. The molecule has 3 N–H and O–H groups in total. The van der Waals surface area contributed by atoms with Gasteiger partial charge in [-0.15, -0.1) is 0 Å². The highest BCUT2D eigenvalue weighted by atomic mass is 16.4. The number of carboxylic acids is 1. The molecule has 1 unspecified atom stereocenters. The van der Waals surface area contributed by atoms with E-state index in [1.165, 1.54) is 0 Å². The molecule has 1 amide bonds. The van der Waals surface area contributed by atoms with Crippen molar-refractivity contribution in [2.45, 2.75) is 32.7 Å². The minimum absolute atomic E-state index is 0.00845. The van der Waals surface area contributed by atoms with Crippen LogP contribution in [0.15, 0.2) is 0 Å². The van der Waals surface area contributed by atoms with Crippen molar-refractivity contribution in [2.75, 3.05) is 32.7 Å². The number of aliphatic carboxylic acids is 1. The summed E-state index contributed by atoms with van der Waals surface area (Å²) < 4.78 is 0. The fourth-order valence-electron chi connectivity index (χ4n) is 2.38. The number of nitrogens with zero attached hydrogens (tertiary/aromatic N) is 2. The van der Waals surface area contributed by atoms with Crippen molar-refractivity contribution in [3.05, 3.63) is 0 Å². The molecule has 0 spiro atoms. The highest BCUT2D eigenvalue weighted by Gasteiger charge is 2.24. The second kappa shape index (κ2) is 7.45. The summed E-state index contributed by atoms with van der Waals surface area (Å²) in [7, 11) is 0. The lowest BCUT2D eigenvalue weighted by molar-refractivity contribution is -0.138. The molecule has 1 aliphatic rings. The van der Waals surface area contributed by atoms with Crippen LogP contribution in [-0.2, 0) is 9.59 Å². The van der Waals surface area contributed by atoms with Gasteiger partial charge in [-0.1, -0.05) is 13.8 Å². The van der Waals surface area contributed by atoms with Crippen LogP contribution in [-0.4, -0.2) is 65.5 Å². The molecule has 19 heavy (non-hydrogen) atoms. The minimum Gasteiger partial charge on any atom is -0.480 e. The van der Waals surface area contributed by atoms with Crippen LogP contribution in [0, 0.1) is 5.92 Å². The van der Waals surface area contributed by atoms with Gasteiger partial charge in [0.05, 0.1) is 12.6 Å². The van der Waals surface area contributed by atoms with E-state index in [0.717, 1.165) is 13.0 Å². The maximum absolute atomic E-state index is 12.2. The molecule has 0 aliphatic carbocycles. The van der Waals surface area contributed by atoms with Gasteiger partial charge in [-0.3, -0.25) is 14.5 Å². The smallest absolute Gasteiger partial charge is 0.317 e. The molecule has 0 aromatic rings. The number of hydrogen-bond donors (Lipinski definition) is 2. The van der Waals surface area contributed by atoms with Gasteiger partial charge in [0.2, 0.25) is 5.91 Å². The van der Waals surface area contributed by atoms with Gasteiger partial charge in [0, 0.05) is 26.2 Å². The summed E-state index contributed by atoms with van der Waals surface area (Å²) in [5.41, 5.74) is 5.92. The Hall–Kier alpha value is -1.14. The lowest BCUT2D eigenvalue weighted by Gasteiger charge is -2.25. The van der Waals surface area contributed by atoms with Crippen LogP contribution < -0.4 is 5.73 Å². The summed E-state index contributed by atoms with van der Waals surface area (Å²) in [6.07, 6.45) is 1.49. The summed E-state index contributed by atoms with van der Waals surface area (Å²) in [5, 5.41) is 8.78. The number of nitrogens with two attached hydrogens (primary N) is 1. The van der Waals surface area contributed by atoms with Crippen LogP contribution >= 0.6 is 0 Å². The van der Waals surface area contributed by atoms with Crippen LogP contribution in [0.3, 0.4) is 0 Å². The average Bonchev–Trinajstić information content (AvgIpc) is 2.52. The Bertz CT molecular complexity index is 320. The molecule has 1 saturated heterocycles. The third-order valence-corrected chi connectivity index (χ3v) is 3.30. The van der Waals surface area contributed by atoms with Gasteiger partial charge >= 0.3 is 5.97 Å². The molecular formula is C13H25N3O3. The average molecular weight is 271 g/mol. The molecule has 1 rings (SSSR count). The quantitative estimate of drug-likeness (QED) is 0.734. The number of carbonyl (C=O) groups excluding carboxylic acids is 1. The molecule has 0 radical (unpaired) electrons. The highest BCUT2D eigenvalue weighted by Crippen LogP contribution is 2.09. The van der Waals surface area contributed by atoms with Gasteiger partial charge in [-0.25, -0.2) is 0 Å². The standard InChI is InChI=1S/C13H25N3O3/c1-10(2)8-11(14)13(19)16-5-3-4-15(6-7-16)9-12(17)18/h10-11H,3-9,14H2,1-2H3,(H,17,18). The van der Waals surface area contributed by atoms with Gasteiger partial charge in [0.15, 0.2) is 0 Å². The lowest BCUT2D eigenvalue weighted by Crippen LogP contribution is -2.46. The Morgan fingerprint density at radius 2 is 1.89 bits per heavy atom. The summed E-state index contributed by atoms with van der Waals surface area (Å²) in [5.74, 6) is -0.434. The lowest BCUT2D eigenvalue weighted by atomic mass is 10.0. The molecular weight excluding hydrogens is 246 g/mol. The number of hydrogen-bond acceptors (Lipinski definition) is 4. The maximum atomic E-state index is 12.2. The Kier molecular flexibility index (Phi) is 6.24. The Balaban J connectivity index is 2.47. The van der Waals surface area contributed by atoms with Crippen LogP contribution in [0.2, 0.25) is 0 Å². The predicted octanol–water partition coefficient (Wildman–Crippen LogP) is -0.0213. The fourth-order valence-corrected chi connectivity index (χ4v) is 2.38. The predicted molar refractivity (Wildman–Crippen MR) is 72.7 cm³/mol. The molecule has 6 heteroatoms. The number of carbonyl (C=O) groups is 2. The maximum Gasteiger partial charge on any atom is 0.317 e. The normalized spacial score (nSPS) is 19.3. The third-order valence-electron chi connectivity index (χ3n) is 3.30. The van der Waals surface area contributed by atoms with Crippen LogP contribution in [0.4, 0.5) is 0 Å². The van der Waals surface area contributed by atoms with Gasteiger partial charge in [0.25, 0.3) is 0 Å². The van der Waals surface area contributed by atoms with E-state index < -0.39 is 12.0 Å². The van der Waals surface area contributed by atoms with Gasteiger partial charge < -0.3 is 15.7 Å². The third kappa shape index (κ3) is 5.57. The molecule has 0 saturated carbocycles. The highest BCUT2D eigenvalue weighted by molar-refractivity contribution is 5.81. The summed E-state index contributed by atoms with van der Waals surface area (Å²) in [6.45, 7) is 6.69. The number of carboxylic acid groups (broad SMARTS) is 1. The van der Waals surface area contributed by atoms with E-state index in [1.54, 1.807) is 4.90 Å². The van der Waals surface area contributed by atoms with Crippen molar-refractivity contribution in [1.29, 1.82) is 0 Å². The second-order valence-corrected chi connectivity index (χ2v) is 5.58. The topological polar surface area (TPSA) is 86.9 Å². The molecule has 110 valence electrons. The molecule has 1 aliphatic heterocycles. The van der Waals surface area contributed by atoms with Crippen molar-refractivity contribution in [2.24, 2.45) is 11.7 Å². The van der Waals surface area contributed by atoms with E-state index in [-0.39, 0.29) is 12.5 Å². The first-order chi connectivity index (χ1) is 8.90. The first-order valence-electron chi connectivity index (χ1n) is 6.88. The van der Waals surface area contributed by atoms with Crippen LogP contribution in [0.1, 0.15) is 26.7 Å². The SMILES string of the molecule is CC(C)CC(N)C(=O)N1CCCN(CC(=O)O)CC1. The van der Waals surface area contributed by atoms with E-state index in [2.05, 4.69) is 0 Å². The zero-order valence-electron chi connectivity index (χ0n) is 11.8. The Labute approximate surface area is 114 Å². The van der Waals surface area contributed by atoms with Gasteiger partial charge in [-0.05, 0) is 18.8 Å². The molecule has 0 bridgehead atoms. The first-order valence-corrected chi connectivity index (χ1v) is 6.88. The zero-order chi connectivity index (χ0) is 14.4. The fraction of sp³-hybridized carbons (Fsp3) is 0.846. The van der Waals surface area contributed by atoms with E-state index in [0.29, 0.717) is 32.0 Å². The van der Waals surface area contributed by atoms with Crippen molar-refractivity contribution in [3.8, 4) is 0 Å². The van der Waals surface area contributed by atoms with Crippen molar-refractivity contribution in [3.63, 3.8) is 0 Å². The van der Waals surface area contributed by atoms with Crippen molar-refractivity contribution >= 4 is 11.9 Å². The summed E-state index contributed by atoms with van der Waals surface area (Å²) >= 11 is 0. The molecule has 1 atom stereocenters. The van der Waals surface area contributed by atoms with Crippen molar-refractivity contribution in [1.82, 2.24) is 9.80 Å².